The smallest absolute Gasteiger partial charge is 0.254 e. The van der Waals surface area contributed by atoms with Gasteiger partial charge in [-0.1, -0.05) is 19.9 Å². The van der Waals surface area contributed by atoms with Gasteiger partial charge in [-0.3, -0.25) is 14.6 Å². The van der Waals surface area contributed by atoms with Gasteiger partial charge in [0.25, 0.3) is 5.91 Å². The average molecular weight is 465 g/mol. The highest BCUT2D eigenvalue weighted by molar-refractivity contribution is 6.14. The molecule has 0 aromatic heterocycles. The molecule has 178 valence electrons. The number of ketones is 1. The molecule has 1 fully saturated rings. The molecule has 1 amide bonds. The van der Waals surface area contributed by atoms with E-state index in [0.717, 1.165) is 11.3 Å². The fraction of sp³-hybridized carbons (Fsp3) is 0.370. The monoisotopic (exact) mass is 464 g/mol. The zero-order valence-electron chi connectivity index (χ0n) is 20.1. The van der Waals surface area contributed by atoms with Gasteiger partial charge in [0.05, 0.1) is 20.1 Å². The minimum absolute atomic E-state index is 0.0532. The fourth-order valence-electron chi connectivity index (χ4n) is 5.03. The summed E-state index contributed by atoms with van der Waals surface area (Å²) in [6.45, 7) is 5.91. The molecule has 1 N–H and O–H groups in total. The van der Waals surface area contributed by atoms with Gasteiger partial charge in [-0.15, -0.1) is 0 Å². The van der Waals surface area contributed by atoms with E-state index >= 15 is 0 Å². The lowest BCUT2D eigenvalue weighted by molar-refractivity contribution is -0.124. The van der Waals surface area contributed by atoms with E-state index in [9.17, 15) is 14.0 Å². The standard InChI is InChI=1S/C27H29FN2O4/c1-15-23(26(32)30-17-8-6-16(28)7-9-17)24(19-11-10-18(33-4)12-22(19)34-5)25-20(29-15)13-27(2,3)14-21(25)31/h6-12,24-25H,13-14H2,1-5H3,(H,30,32)/t24-,25+/m0/s1. The molecule has 0 bridgehead atoms. The van der Waals surface area contributed by atoms with Crippen molar-refractivity contribution in [3.05, 3.63) is 65.1 Å². The van der Waals surface area contributed by atoms with Crippen molar-refractivity contribution in [2.45, 2.75) is 39.5 Å². The number of nitrogens with one attached hydrogen (secondary N) is 1. The van der Waals surface area contributed by atoms with Crippen LogP contribution in [0.25, 0.3) is 0 Å². The van der Waals surface area contributed by atoms with Gasteiger partial charge in [0.15, 0.2) is 0 Å². The number of fused-ring (bicyclic) bond motifs is 1. The Hall–Kier alpha value is -3.48. The van der Waals surface area contributed by atoms with Crippen LogP contribution in [0.5, 0.6) is 11.5 Å². The molecule has 7 heteroatoms. The summed E-state index contributed by atoms with van der Waals surface area (Å²) in [6, 6.07) is 11.0. The molecular formula is C27H29FN2O4. The third kappa shape index (κ3) is 4.47. The van der Waals surface area contributed by atoms with Crippen LogP contribution in [-0.2, 0) is 9.59 Å². The van der Waals surface area contributed by atoms with Crippen molar-refractivity contribution >= 4 is 23.1 Å². The molecule has 4 rings (SSSR count). The van der Waals surface area contributed by atoms with E-state index in [-0.39, 0.29) is 17.1 Å². The number of carbonyl (C=O) groups is 2. The first-order valence-corrected chi connectivity index (χ1v) is 11.2. The van der Waals surface area contributed by atoms with Crippen LogP contribution in [0.4, 0.5) is 10.1 Å². The van der Waals surface area contributed by atoms with E-state index in [0.29, 0.717) is 41.3 Å². The first-order chi connectivity index (χ1) is 16.1. The Morgan fingerprint density at radius 2 is 1.76 bits per heavy atom. The van der Waals surface area contributed by atoms with Crippen molar-refractivity contribution in [2.75, 3.05) is 19.5 Å². The Balaban J connectivity index is 1.85. The second-order valence-electron chi connectivity index (χ2n) is 9.61. The van der Waals surface area contributed by atoms with Crippen LogP contribution in [0.15, 0.2) is 58.7 Å². The van der Waals surface area contributed by atoms with Gasteiger partial charge in [-0.05, 0) is 49.1 Å². The highest BCUT2D eigenvalue weighted by atomic mass is 19.1. The number of aliphatic imine (C=N–C) groups is 1. The van der Waals surface area contributed by atoms with Crippen molar-refractivity contribution in [1.82, 2.24) is 0 Å². The number of methoxy groups -OCH3 is 2. The minimum atomic E-state index is -0.572. The summed E-state index contributed by atoms with van der Waals surface area (Å²) in [7, 11) is 3.12. The van der Waals surface area contributed by atoms with Gasteiger partial charge in [0, 0.05) is 46.6 Å². The van der Waals surface area contributed by atoms with Gasteiger partial charge in [-0.25, -0.2) is 4.39 Å². The van der Waals surface area contributed by atoms with Crippen LogP contribution in [0.1, 0.15) is 45.1 Å². The highest BCUT2D eigenvalue weighted by Gasteiger charge is 2.48. The van der Waals surface area contributed by atoms with Crippen molar-refractivity contribution in [3.8, 4) is 11.5 Å². The van der Waals surface area contributed by atoms with Crippen molar-refractivity contribution in [3.63, 3.8) is 0 Å². The minimum Gasteiger partial charge on any atom is -0.497 e. The molecule has 0 radical (unpaired) electrons. The number of hydrogen-bond donors (Lipinski definition) is 1. The van der Waals surface area contributed by atoms with Crippen molar-refractivity contribution < 1.29 is 23.5 Å². The van der Waals surface area contributed by atoms with Gasteiger partial charge in [-0.2, -0.15) is 0 Å². The zero-order valence-corrected chi connectivity index (χ0v) is 20.1. The van der Waals surface area contributed by atoms with Crippen LogP contribution in [-0.4, -0.2) is 31.6 Å². The van der Waals surface area contributed by atoms with Gasteiger partial charge in [0.1, 0.15) is 23.1 Å². The molecular weight excluding hydrogens is 435 g/mol. The number of ether oxygens (including phenoxy) is 2. The number of rotatable bonds is 5. The Morgan fingerprint density at radius 3 is 2.41 bits per heavy atom. The molecule has 34 heavy (non-hydrogen) atoms. The molecule has 0 saturated heterocycles. The topological polar surface area (TPSA) is 77.0 Å². The summed E-state index contributed by atoms with van der Waals surface area (Å²) in [5.41, 5.74) is 2.72. The molecule has 2 atom stereocenters. The number of Topliss-reactive ketones (excluding diaryl/α,β-unsaturated/α-hetero) is 1. The number of hydrogen-bond acceptors (Lipinski definition) is 5. The molecule has 2 aromatic rings. The summed E-state index contributed by atoms with van der Waals surface area (Å²) >= 11 is 0. The lowest BCUT2D eigenvalue weighted by Crippen LogP contribution is -2.44. The summed E-state index contributed by atoms with van der Waals surface area (Å²) < 4.78 is 24.4. The molecule has 1 aliphatic carbocycles. The molecule has 2 aromatic carbocycles. The third-order valence-corrected chi connectivity index (χ3v) is 6.49. The van der Waals surface area contributed by atoms with Gasteiger partial charge >= 0.3 is 0 Å². The number of nitrogens with zero attached hydrogens (tertiary/aromatic N) is 1. The van der Waals surface area contributed by atoms with E-state index in [1.165, 1.54) is 24.3 Å². The molecule has 6 nitrogen and oxygen atoms in total. The maximum atomic E-state index is 13.6. The molecule has 1 saturated carbocycles. The average Bonchev–Trinajstić information content (AvgIpc) is 2.78. The Labute approximate surface area is 198 Å². The second-order valence-corrected chi connectivity index (χ2v) is 9.61. The SMILES string of the molecule is COc1ccc([C@H]2C(C(=O)Nc3ccc(F)cc3)=C(C)N=C3CC(C)(C)CC(=O)[C@@H]32)c(OC)c1. The molecule has 0 spiro atoms. The number of amides is 1. The maximum Gasteiger partial charge on any atom is 0.254 e. The molecule has 1 heterocycles. The van der Waals surface area contributed by atoms with Crippen LogP contribution in [0.3, 0.4) is 0 Å². The number of allylic oxidation sites excluding steroid dienone is 1. The normalized spacial score (nSPS) is 21.5. The summed E-state index contributed by atoms with van der Waals surface area (Å²) in [4.78, 5) is 31.8. The maximum absolute atomic E-state index is 13.6. The van der Waals surface area contributed by atoms with E-state index in [2.05, 4.69) is 19.2 Å². The number of anilines is 1. The van der Waals surface area contributed by atoms with E-state index in [4.69, 9.17) is 14.5 Å². The number of halogens is 1. The summed E-state index contributed by atoms with van der Waals surface area (Å²) in [6.07, 6.45) is 1.07. The lowest BCUT2D eigenvalue weighted by atomic mass is 9.63. The Morgan fingerprint density at radius 1 is 1.06 bits per heavy atom. The first-order valence-electron chi connectivity index (χ1n) is 11.2. The largest absolute Gasteiger partial charge is 0.497 e. The third-order valence-electron chi connectivity index (χ3n) is 6.49. The fourth-order valence-corrected chi connectivity index (χ4v) is 5.03. The predicted octanol–water partition coefficient (Wildman–Crippen LogP) is 5.30. The number of carbonyl (C=O) groups excluding carboxylic acids is 2. The van der Waals surface area contributed by atoms with Crippen LogP contribution < -0.4 is 14.8 Å². The van der Waals surface area contributed by atoms with Crippen molar-refractivity contribution in [2.24, 2.45) is 16.3 Å². The number of benzene rings is 2. The summed E-state index contributed by atoms with van der Waals surface area (Å²) in [5.74, 6) is -0.714. The zero-order chi connectivity index (χ0) is 24.6. The predicted molar refractivity (Wildman–Crippen MR) is 129 cm³/mol. The van der Waals surface area contributed by atoms with E-state index in [1.54, 1.807) is 33.3 Å². The quantitative estimate of drug-likeness (QED) is 0.652. The van der Waals surface area contributed by atoms with E-state index < -0.39 is 17.7 Å². The van der Waals surface area contributed by atoms with Crippen LogP contribution in [0.2, 0.25) is 0 Å². The molecule has 2 aliphatic rings. The van der Waals surface area contributed by atoms with E-state index in [1.807, 2.05) is 6.07 Å². The first kappa shape index (κ1) is 23.7. The lowest BCUT2D eigenvalue weighted by Gasteiger charge is -2.41. The molecule has 0 unspecified atom stereocenters. The van der Waals surface area contributed by atoms with Crippen LogP contribution in [0, 0.1) is 17.2 Å². The second kappa shape index (κ2) is 9.05. The van der Waals surface area contributed by atoms with Gasteiger partial charge < -0.3 is 14.8 Å². The summed E-state index contributed by atoms with van der Waals surface area (Å²) in [5, 5.41) is 2.85. The van der Waals surface area contributed by atoms with Gasteiger partial charge in [0.2, 0.25) is 0 Å². The highest BCUT2D eigenvalue weighted by Crippen LogP contribution is 2.49. The Bertz CT molecular complexity index is 1200. The van der Waals surface area contributed by atoms with Crippen molar-refractivity contribution in [1.29, 1.82) is 0 Å². The van der Waals surface area contributed by atoms with Crippen LogP contribution >= 0.6 is 0 Å². The molecule has 1 aliphatic heterocycles. The Kier molecular flexibility index (Phi) is 6.30.